The highest BCUT2D eigenvalue weighted by atomic mass is 16.4. The molecular weight excluding hydrogens is 256 g/mol. The van der Waals surface area contributed by atoms with Gasteiger partial charge in [-0.25, -0.2) is 4.79 Å². The molecule has 0 aliphatic carbocycles. The van der Waals surface area contributed by atoms with Crippen LogP contribution in [0.15, 0.2) is 18.2 Å². The predicted octanol–water partition coefficient (Wildman–Crippen LogP) is 2.40. The Balaban J connectivity index is 2.61. The van der Waals surface area contributed by atoms with Gasteiger partial charge in [0, 0.05) is 12.1 Å². The fourth-order valence-corrected chi connectivity index (χ4v) is 1.91. The van der Waals surface area contributed by atoms with Crippen LogP contribution in [0.25, 0.3) is 0 Å². The fourth-order valence-electron chi connectivity index (χ4n) is 1.91. The Hall–Kier alpha value is -1.88. The Bertz CT molecular complexity index is 486. The van der Waals surface area contributed by atoms with E-state index in [0.29, 0.717) is 24.6 Å². The molecule has 0 fully saturated rings. The number of carbonyl (C=O) groups is 2. The Morgan fingerprint density at radius 1 is 1.35 bits per heavy atom. The van der Waals surface area contributed by atoms with E-state index in [1.165, 1.54) is 12.1 Å². The van der Waals surface area contributed by atoms with E-state index in [0.717, 1.165) is 18.4 Å². The molecule has 1 unspecified atom stereocenters. The first-order valence-electron chi connectivity index (χ1n) is 6.78. The molecule has 0 bridgehead atoms. The summed E-state index contributed by atoms with van der Waals surface area (Å²) < 4.78 is 0. The number of hydrogen-bond acceptors (Lipinski definition) is 3. The summed E-state index contributed by atoms with van der Waals surface area (Å²) in [6, 6.07) is 4.70. The molecule has 4 N–H and O–H groups in total. The Morgan fingerprint density at radius 3 is 2.65 bits per heavy atom. The van der Waals surface area contributed by atoms with Crippen molar-refractivity contribution in [2.75, 3.05) is 11.9 Å². The summed E-state index contributed by atoms with van der Waals surface area (Å²) in [6.45, 7) is 4.53. The topological polar surface area (TPSA) is 92.4 Å². The highest BCUT2D eigenvalue weighted by molar-refractivity contribution is 5.94. The first-order valence-corrected chi connectivity index (χ1v) is 6.78. The van der Waals surface area contributed by atoms with E-state index in [2.05, 4.69) is 12.2 Å². The van der Waals surface area contributed by atoms with Gasteiger partial charge in [-0.2, -0.15) is 0 Å². The molecule has 20 heavy (non-hydrogen) atoms. The summed E-state index contributed by atoms with van der Waals surface area (Å²) >= 11 is 0. The largest absolute Gasteiger partial charge is 0.478 e. The van der Waals surface area contributed by atoms with E-state index in [1.54, 1.807) is 6.07 Å². The van der Waals surface area contributed by atoms with Crippen LogP contribution in [0.1, 0.15) is 42.1 Å². The van der Waals surface area contributed by atoms with Crippen LogP contribution in [0.2, 0.25) is 0 Å². The Kier molecular flexibility index (Phi) is 6.18. The van der Waals surface area contributed by atoms with Crippen molar-refractivity contribution in [3.05, 3.63) is 29.3 Å². The average molecular weight is 278 g/mol. The molecule has 0 heterocycles. The zero-order valence-corrected chi connectivity index (χ0v) is 12.0. The van der Waals surface area contributed by atoms with Gasteiger partial charge in [-0.05, 0) is 49.9 Å². The van der Waals surface area contributed by atoms with Crippen LogP contribution < -0.4 is 11.1 Å². The molecule has 0 radical (unpaired) electrons. The third kappa shape index (κ3) is 5.01. The van der Waals surface area contributed by atoms with Gasteiger partial charge in [0.05, 0.1) is 5.56 Å². The van der Waals surface area contributed by atoms with Crippen LogP contribution in [0.5, 0.6) is 0 Å². The molecular formula is C15H22N2O3. The Labute approximate surface area is 119 Å². The van der Waals surface area contributed by atoms with Crippen LogP contribution in [-0.4, -0.2) is 23.5 Å². The van der Waals surface area contributed by atoms with Crippen LogP contribution in [-0.2, 0) is 4.79 Å². The lowest BCUT2D eigenvalue weighted by atomic mass is 10.0. The zero-order valence-electron chi connectivity index (χ0n) is 12.0. The maximum atomic E-state index is 11.9. The van der Waals surface area contributed by atoms with Gasteiger partial charge >= 0.3 is 5.97 Å². The molecule has 1 aromatic carbocycles. The molecule has 0 saturated carbocycles. The molecule has 0 aromatic heterocycles. The minimum atomic E-state index is -1.00. The molecule has 1 aromatic rings. The van der Waals surface area contributed by atoms with Gasteiger partial charge in [0.25, 0.3) is 0 Å². The molecule has 5 heteroatoms. The van der Waals surface area contributed by atoms with Crippen molar-refractivity contribution < 1.29 is 14.7 Å². The number of rotatable bonds is 7. The van der Waals surface area contributed by atoms with Crippen molar-refractivity contribution >= 4 is 17.6 Å². The lowest BCUT2D eigenvalue weighted by Crippen LogP contribution is -2.15. The fraction of sp³-hybridized carbons (Fsp3) is 0.467. The number of amides is 1. The predicted molar refractivity (Wildman–Crippen MR) is 78.8 cm³/mol. The number of anilines is 1. The molecule has 1 atom stereocenters. The highest BCUT2D eigenvalue weighted by Crippen LogP contribution is 2.18. The standard InChI is InChI=1S/C15H22N2O3/c1-10(7-8-16)3-6-14(18)17-13-9-12(15(19)20)5-4-11(13)2/h4-5,9-10H,3,6-8,16H2,1-2H3,(H,17,18)(H,19,20). The highest BCUT2D eigenvalue weighted by Gasteiger charge is 2.10. The van der Waals surface area contributed by atoms with Gasteiger partial charge in [0.15, 0.2) is 0 Å². The Morgan fingerprint density at radius 2 is 2.05 bits per heavy atom. The van der Waals surface area contributed by atoms with Crippen LogP contribution >= 0.6 is 0 Å². The van der Waals surface area contributed by atoms with Crippen molar-refractivity contribution in [3.63, 3.8) is 0 Å². The number of carbonyl (C=O) groups excluding carboxylic acids is 1. The maximum absolute atomic E-state index is 11.9. The van der Waals surface area contributed by atoms with Crippen molar-refractivity contribution in [2.45, 2.75) is 33.1 Å². The van der Waals surface area contributed by atoms with Crippen LogP contribution in [0.3, 0.4) is 0 Å². The average Bonchev–Trinajstić information content (AvgIpc) is 2.39. The number of benzene rings is 1. The number of carboxylic acids is 1. The SMILES string of the molecule is Cc1ccc(C(=O)O)cc1NC(=O)CCC(C)CCN. The third-order valence-corrected chi connectivity index (χ3v) is 3.28. The first kappa shape index (κ1) is 16.2. The molecule has 1 rings (SSSR count). The van der Waals surface area contributed by atoms with E-state index in [-0.39, 0.29) is 11.5 Å². The van der Waals surface area contributed by atoms with Gasteiger partial charge < -0.3 is 16.2 Å². The quantitative estimate of drug-likeness (QED) is 0.714. The summed E-state index contributed by atoms with van der Waals surface area (Å²) in [5.41, 5.74) is 7.04. The summed E-state index contributed by atoms with van der Waals surface area (Å²) in [4.78, 5) is 22.8. The summed E-state index contributed by atoms with van der Waals surface area (Å²) in [7, 11) is 0. The molecule has 0 aliphatic heterocycles. The number of aromatic carboxylic acids is 1. The second kappa shape index (κ2) is 7.65. The number of aryl methyl sites for hydroxylation is 1. The summed E-state index contributed by atoms with van der Waals surface area (Å²) in [5.74, 6) is -0.686. The van der Waals surface area contributed by atoms with E-state index in [1.807, 2.05) is 6.92 Å². The summed E-state index contributed by atoms with van der Waals surface area (Å²) in [5, 5.41) is 11.7. The van der Waals surface area contributed by atoms with Crippen LogP contribution in [0.4, 0.5) is 5.69 Å². The van der Waals surface area contributed by atoms with E-state index < -0.39 is 5.97 Å². The maximum Gasteiger partial charge on any atom is 0.335 e. The van der Waals surface area contributed by atoms with Gasteiger partial charge in [0.1, 0.15) is 0 Å². The second-order valence-electron chi connectivity index (χ2n) is 5.10. The van der Waals surface area contributed by atoms with Gasteiger partial charge in [-0.1, -0.05) is 13.0 Å². The minimum Gasteiger partial charge on any atom is -0.478 e. The van der Waals surface area contributed by atoms with Crippen molar-refractivity contribution in [1.29, 1.82) is 0 Å². The normalized spacial score (nSPS) is 11.9. The lowest BCUT2D eigenvalue weighted by molar-refractivity contribution is -0.116. The summed E-state index contributed by atoms with van der Waals surface area (Å²) in [6.07, 6.45) is 2.10. The van der Waals surface area contributed by atoms with Gasteiger partial charge in [0.2, 0.25) is 5.91 Å². The molecule has 110 valence electrons. The van der Waals surface area contributed by atoms with E-state index in [4.69, 9.17) is 10.8 Å². The molecule has 5 nitrogen and oxygen atoms in total. The first-order chi connectivity index (χ1) is 9.43. The smallest absolute Gasteiger partial charge is 0.335 e. The number of hydrogen-bond donors (Lipinski definition) is 3. The van der Waals surface area contributed by atoms with Crippen molar-refractivity contribution in [2.24, 2.45) is 11.7 Å². The molecule has 1 amide bonds. The van der Waals surface area contributed by atoms with Crippen molar-refractivity contribution in [3.8, 4) is 0 Å². The van der Waals surface area contributed by atoms with Crippen LogP contribution in [0, 0.1) is 12.8 Å². The van der Waals surface area contributed by atoms with Gasteiger partial charge in [-0.15, -0.1) is 0 Å². The van der Waals surface area contributed by atoms with Crippen molar-refractivity contribution in [1.82, 2.24) is 0 Å². The molecule has 0 aliphatic rings. The second-order valence-corrected chi connectivity index (χ2v) is 5.10. The number of carboxylic acid groups (broad SMARTS) is 1. The lowest BCUT2D eigenvalue weighted by Gasteiger charge is -2.12. The molecule has 0 spiro atoms. The zero-order chi connectivity index (χ0) is 15.1. The number of nitrogens with one attached hydrogen (secondary N) is 1. The third-order valence-electron chi connectivity index (χ3n) is 3.28. The van der Waals surface area contributed by atoms with E-state index >= 15 is 0 Å². The molecule has 0 saturated heterocycles. The minimum absolute atomic E-state index is 0.0977. The number of nitrogens with two attached hydrogens (primary N) is 1. The van der Waals surface area contributed by atoms with E-state index in [9.17, 15) is 9.59 Å². The monoisotopic (exact) mass is 278 g/mol. The van der Waals surface area contributed by atoms with Gasteiger partial charge in [-0.3, -0.25) is 4.79 Å².